The molecule has 0 bridgehead atoms. The topological polar surface area (TPSA) is 91.6 Å². The number of hydrogen-bond donors (Lipinski definition) is 0. The van der Waals surface area contributed by atoms with Gasteiger partial charge in [-0.05, 0) is 50.3 Å². The molecule has 9 nitrogen and oxygen atoms in total. The van der Waals surface area contributed by atoms with Crippen molar-refractivity contribution in [2.75, 3.05) is 13.1 Å². The third kappa shape index (κ3) is 4.91. The minimum atomic E-state index is -0.502. The summed E-state index contributed by atoms with van der Waals surface area (Å²) in [5, 5.41) is 0.393. The quantitative estimate of drug-likeness (QED) is 0.230. The largest absolute Gasteiger partial charge is 0.470 e. The maximum Gasteiger partial charge on any atom is 0.452 e. The zero-order valence-corrected chi connectivity index (χ0v) is 21.1. The third-order valence-corrected chi connectivity index (χ3v) is 7.05. The van der Waals surface area contributed by atoms with Crippen LogP contribution >= 0.6 is 11.6 Å². The van der Waals surface area contributed by atoms with E-state index in [0.29, 0.717) is 58.8 Å². The first-order valence-electron chi connectivity index (χ1n) is 12.4. The Hall–Kier alpha value is -3.85. The van der Waals surface area contributed by atoms with Crippen molar-refractivity contribution >= 4 is 28.9 Å². The minimum absolute atomic E-state index is 0.214. The lowest BCUT2D eigenvalue weighted by Crippen LogP contribution is -2.29. The Morgan fingerprint density at radius 1 is 1.08 bits per heavy atom. The molecule has 4 aromatic rings. The Balaban J connectivity index is 1.34. The molecule has 1 aliphatic carbocycles. The van der Waals surface area contributed by atoms with Crippen molar-refractivity contribution in [3.05, 3.63) is 65.4 Å². The Morgan fingerprint density at radius 3 is 2.59 bits per heavy atom. The number of carbonyl (C=O) groups excluding carboxylic acids is 1. The van der Waals surface area contributed by atoms with Gasteiger partial charge in [0.25, 0.3) is 0 Å². The van der Waals surface area contributed by atoms with Gasteiger partial charge in [0.05, 0.1) is 11.6 Å². The number of ether oxygens (including phenoxy) is 1. The molecule has 0 N–H and O–H groups in total. The molecule has 2 aromatic carbocycles. The highest BCUT2D eigenvalue weighted by Crippen LogP contribution is 2.41. The predicted molar refractivity (Wildman–Crippen MR) is 137 cm³/mol. The molecule has 2 aliphatic rings. The van der Waals surface area contributed by atoms with Crippen LogP contribution in [-0.2, 0) is 11.4 Å². The van der Waals surface area contributed by atoms with E-state index in [1.54, 1.807) is 23.1 Å². The van der Waals surface area contributed by atoms with Crippen LogP contribution < -0.4 is 9.62 Å². The molecule has 1 saturated heterocycles. The van der Waals surface area contributed by atoms with E-state index in [1.807, 2.05) is 34.9 Å². The smallest absolute Gasteiger partial charge is 0.452 e. The van der Waals surface area contributed by atoms with Gasteiger partial charge in [0.2, 0.25) is 5.88 Å². The van der Waals surface area contributed by atoms with Crippen LogP contribution in [0.15, 0.2) is 54.9 Å². The fourth-order valence-electron chi connectivity index (χ4n) is 4.39. The highest BCUT2D eigenvalue weighted by atomic mass is 35.5. The Morgan fingerprint density at radius 2 is 1.86 bits per heavy atom. The van der Waals surface area contributed by atoms with Gasteiger partial charge in [0.1, 0.15) is 17.8 Å². The molecule has 1 aliphatic heterocycles. The summed E-state index contributed by atoms with van der Waals surface area (Å²) < 4.78 is 8.20. The van der Waals surface area contributed by atoms with Crippen LogP contribution in [0.5, 0.6) is 11.6 Å². The van der Waals surface area contributed by atoms with Crippen LogP contribution in [0.3, 0.4) is 0 Å². The summed E-state index contributed by atoms with van der Waals surface area (Å²) in [6.07, 6.45) is 4.89. The molecule has 3 heterocycles. The van der Waals surface area contributed by atoms with Crippen LogP contribution in [0.2, 0.25) is 5.02 Å². The number of nitrogens with zero attached hydrogens (tertiary/aromatic N) is 5. The Kier molecular flexibility index (Phi) is 6.08. The standard InChI is InChI=1S/C27H26ClN5O4/c1-27(11-12-27)35-25-22-24(29-17-30-25)33(16-18-7-3-2-4-8-18)23(31-22)20-10-9-19(15-21(20)28)36-37-26(34)32-13-5-6-14-32/h2-4,7-10,15,17H,5-6,11-14,16H2,1H3. The van der Waals surface area contributed by atoms with E-state index < -0.39 is 6.09 Å². The van der Waals surface area contributed by atoms with Gasteiger partial charge in [-0.25, -0.2) is 19.7 Å². The van der Waals surface area contributed by atoms with Crippen molar-refractivity contribution in [2.45, 2.75) is 44.8 Å². The second-order valence-corrected chi connectivity index (χ2v) is 10.1. The number of carbonyl (C=O) groups is 1. The van der Waals surface area contributed by atoms with Gasteiger partial charge >= 0.3 is 6.09 Å². The van der Waals surface area contributed by atoms with Crippen molar-refractivity contribution in [1.29, 1.82) is 0 Å². The van der Waals surface area contributed by atoms with Crippen molar-refractivity contribution in [2.24, 2.45) is 0 Å². The molecule has 1 saturated carbocycles. The second kappa shape index (κ2) is 9.55. The van der Waals surface area contributed by atoms with Crippen LogP contribution in [0.25, 0.3) is 22.6 Å². The summed E-state index contributed by atoms with van der Waals surface area (Å²) in [7, 11) is 0. The average molecular weight is 520 g/mol. The van der Waals surface area contributed by atoms with E-state index >= 15 is 0 Å². The molecule has 6 rings (SSSR count). The monoisotopic (exact) mass is 519 g/mol. The lowest BCUT2D eigenvalue weighted by molar-refractivity contribution is -0.152. The fourth-order valence-corrected chi connectivity index (χ4v) is 4.64. The van der Waals surface area contributed by atoms with E-state index in [9.17, 15) is 4.79 Å². The average Bonchev–Trinajstić information content (AvgIpc) is 3.27. The Labute approximate surface area is 218 Å². The predicted octanol–water partition coefficient (Wildman–Crippen LogP) is 5.65. The molecule has 10 heteroatoms. The molecule has 1 amide bonds. The molecular weight excluding hydrogens is 494 g/mol. The van der Waals surface area contributed by atoms with Crippen molar-refractivity contribution < 1.29 is 19.3 Å². The summed E-state index contributed by atoms with van der Waals surface area (Å²) in [5.74, 6) is 1.40. The highest BCUT2D eigenvalue weighted by Gasteiger charge is 2.41. The van der Waals surface area contributed by atoms with E-state index in [2.05, 4.69) is 16.9 Å². The van der Waals surface area contributed by atoms with Crippen molar-refractivity contribution in [3.63, 3.8) is 0 Å². The molecule has 2 aromatic heterocycles. The van der Waals surface area contributed by atoms with Crippen molar-refractivity contribution in [3.8, 4) is 23.0 Å². The molecular formula is C27H26ClN5O4. The van der Waals surface area contributed by atoms with E-state index in [1.165, 1.54) is 6.33 Å². The number of likely N-dealkylation sites (tertiary alicyclic amines) is 1. The summed E-state index contributed by atoms with van der Waals surface area (Å²) in [5.41, 5.74) is 2.79. The van der Waals surface area contributed by atoms with Gasteiger partial charge < -0.3 is 14.2 Å². The Bertz CT molecular complexity index is 1450. The number of halogens is 1. The van der Waals surface area contributed by atoms with E-state index in [-0.39, 0.29) is 5.60 Å². The molecule has 190 valence electrons. The summed E-state index contributed by atoms with van der Waals surface area (Å²) in [6.45, 7) is 3.94. The van der Waals surface area contributed by atoms with E-state index in [0.717, 1.165) is 31.2 Å². The maximum absolute atomic E-state index is 12.2. The summed E-state index contributed by atoms with van der Waals surface area (Å²) in [6, 6.07) is 15.2. The lowest BCUT2D eigenvalue weighted by Gasteiger charge is -2.14. The molecule has 0 atom stereocenters. The van der Waals surface area contributed by atoms with Gasteiger partial charge in [0.15, 0.2) is 16.9 Å². The molecule has 0 unspecified atom stereocenters. The van der Waals surface area contributed by atoms with Gasteiger partial charge in [-0.15, -0.1) is 0 Å². The minimum Gasteiger partial charge on any atom is -0.470 e. The number of imidazole rings is 1. The zero-order valence-electron chi connectivity index (χ0n) is 20.4. The lowest BCUT2D eigenvalue weighted by atomic mass is 10.2. The van der Waals surface area contributed by atoms with Gasteiger partial charge in [-0.1, -0.05) is 41.9 Å². The highest BCUT2D eigenvalue weighted by molar-refractivity contribution is 6.33. The van der Waals surface area contributed by atoms with Gasteiger partial charge in [0, 0.05) is 24.7 Å². The molecule has 0 spiro atoms. The first kappa shape index (κ1) is 23.5. The maximum atomic E-state index is 12.2. The van der Waals surface area contributed by atoms with Crippen LogP contribution in [0.4, 0.5) is 4.79 Å². The summed E-state index contributed by atoms with van der Waals surface area (Å²) >= 11 is 6.71. The molecule has 37 heavy (non-hydrogen) atoms. The van der Waals surface area contributed by atoms with Gasteiger partial charge in [-0.2, -0.15) is 4.98 Å². The van der Waals surface area contributed by atoms with E-state index in [4.69, 9.17) is 31.1 Å². The SMILES string of the molecule is CC1(Oc2ncnc3c2nc(-c2ccc(OOC(=O)N4CCCC4)cc2Cl)n3Cc2ccccc2)CC1. The number of fused-ring (bicyclic) bond motifs is 1. The number of amides is 1. The molecule has 0 radical (unpaired) electrons. The van der Waals surface area contributed by atoms with Crippen LogP contribution in [0, 0.1) is 0 Å². The van der Waals surface area contributed by atoms with Gasteiger partial charge in [-0.3, -0.25) is 4.89 Å². The third-order valence-electron chi connectivity index (χ3n) is 6.73. The fraction of sp³-hybridized carbons (Fsp3) is 0.333. The number of hydrogen-bond acceptors (Lipinski definition) is 7. The zero-order chi connectivity index (χ0) is 25.4. The van der Waals surface area contributed by atoms with Crippen LogP contribution in [-0.4, -0.2) is 49.2 Å². The van der Waals surface area contributed by atoms with Crippen molar-refractivity contribution in [1.82, 2.24) is 24.4 Å². The first-order chi connectivity index (χ1) is 18.0. The number of rotatable bonds is 7. The summed E-state index contributed by atoms with van der Waals surface area (Å²) in [4.78, 5) is 37.9. The van der Waals surface area contributed by atoms with Crippen LogP contribution in [0.1, 0.15) is 38.2 Å². The molecule has 2 fully saturated rings. The number of benzene rings is 2. The second-order valence-electron chi connectivity index (χ2n) is 9.68. The normalized spacial score (nSPS) is 16.1. The number of aromatic nitrogens is 4. The first-order valence-corrected chi connectivity index (χ1v) is 12.7.